The first-order valence-corrected chi connectivity index (χ1v) is 6.49. The van der Waals surface area contributed by atoms with E-state index in [9.17, 15) is 17.6 Å². The van der Waals surface area contributed by atoms with Crippen LogP contribution in [0.15, 0.2) is 34.8 Å². The predicted molar refractivity (Wildman–Crippen MR) is 71.3 cm³/mol. The Balaban J connectivity index is 2.58. The summed E-state index contributed by atoms with van der Waals surface area (Å²) in [6.45, 7) is 0. The van der Waals surface area contributed by atoms with Gasteiger partial charge in [-0.25, -0.2) is 17.6 Å². The van der Waals surface area contributed by atoms with E-state index in [1.54, 1.807) is 0 Å². The zero-order valence-electron chi connectivity index (χ0n) is 10.4. The maximum Gasteiger partial charge on any atom is 0.132 e. The molecule has 0 aromatic heterocycles. The molecule has 0 saturated heterocycles. The summed E-state index contributed by atoms with van der Waals surface area (Å²) in [5.74, 6) is -3.22. The van der Waals surface area contributed by atoms with Gasteiger partial charge in [0.25, 0.3) is 0 Å². The number of hydrogen-bond acceptors (Lipinski definition) is 1. The van der Waals surface area contributed by atoms with Crippen LogP contribution < -0.4 is 5.32 Å². The fraction of sp³-hybridized carbons (Fsp3) is 0.143. The Bertz CT molecular complexity index is 602. The molecule has 0 bridgehead atoms. The SMILES string of the molecule is CNC(c1cc(F)cc(F)c1)c1c(F)cc(Br)cc1F. The van der Waals surface area contributed by atoms with Gasteiger partial charge >= 0.3 is 0 Å². The number of nitrogens with one attached hydrogen (secondary N) is 1. The van der Waals surface area contributed by atoms with Crippen LogP contribution >= 0.6 is 15.9 Å². The van der Waals surface area contributed by atoms with Gasteiger partial charge in [-0.3, -0.25) is 0 Å². The van der Waals surface area contributed by atoms with Gasteiger partial charge in [-0.1, -0.05) is 15.9 Å². The van der Waals surface area contributed by atoms with Crippen LogP contribution in [0.25, 0.3) is 0 Å². The van der Waals surface area contributed by atoms with Gasteiger partial charge in [-0.15, -0.1) is 0 Å². The Kier molecular flexibility index (Phi) is 4.45. The third-order valence-electron chi connectivity index (χ3n) is 2.84. The minimum Gasteiger partial charge on any atom is -0.309 e. The molecule has 0 amide bonds. The van der Waals surface area contributed by atoms with Crippen molar-refractivity contribution >= 4 is 15.9 Å². The van der Waals surface area contributed by atoms with Crippen LogP contribution in [0.5, 0.6) is 0 Å². The van der Waals surface area contributed by atoms with Gasteiger partial charge in [0.15, 0.2) is 0 Å². The second kappa shape index (κ2) is 5.93. The maximum absolute atomic E-state index is 13.9. The molecule has 0 aliphatic heterocycles. The van der Waals surface area contributed by atoms with Crippen LogP contribution in [0, 0.1) is 23.3 Å². The lowest BCUT2D eigenvalue weighted by Crippen LogP contribution is -2.21. The summed E-state index contributed by atoms with van der Waals surface area (Å²) < 4.78 is 54.6. The third-order valence-corrected chi connectivity index (χ3v) is 3.30. The molecule has 0 fully saturated rings. The zero-order valence-corrected chi connectivity index (χ0v) is 11.9. The van der Waals surface area contributed by atoms with E-state index in [1.807, 2.05) is 0 Å². The maximum atomic E-state index is 13.9. The highest BCUT2D eigenvalue weighted by Gasteiger charge is 2.22. The van der Waals surface area contributed by atoms with Crippen molar-refractivity contribution in [2.75, 3.05) is 7.05 Å². The lowest BCUT2D eigenvalue weighted by atomic mass is 9.97. The first-order valence-electron chi connectivity index (χ1n) is 5.70. The molecule has 2 rings (SSSR count). The highest BCUT2D eigenvalue weighted by atomic mass is 79.9. The average Bonchev–Trinajstić information content (AvgIpc) is 2.32. The van der Waals surface area contributed by atoms with Crippen molar-refractivity contribution in [1.29, 1.82) is 0 Å². The molecular weight excluding hydrogens is 338 g/mol. The van der Waals surface area contributed by atoms with Gasteiger partial charge in [-0.2, -0.15) is 0 Å². The Hall–Kier alpha value is -1.40. The topological polar surface area (TPSA) is 12.0 Å². The number of hydrogen-bond donors (Lipinski definition) is 1. The molecule has 0 spiro atoms. The van der Waals surface area contributed by atoms with Gasteiger partial charge in [0.05, 0.1) is 6.04 Å². The molecule has 2 aromatic carbocycles. The van der Waals surface area contributed by atoms with Crippen molar-refractivity contribution in [3.63, 3.8) is 0 Å². The zero-order chi connectivity index (χ0) is 14.9. The van der Waals surface area contributed by atoms with Crippen LogP contribution in [-0.4, -0.2) is 7.05 Å². The van der Waals surface area contributed by atoms with Crippen molar-refractivity contribution in [3.8, 4) is 0 Å². The molecule has 1 nitrogen and oxygen atoms in total. The standard InChI is InChI=1S/C14H10BrF4N/c1-20-14(7-2-9(16)6-10(17)3-7)13-11(18)4-8(15)5-12(13)19/h2-6,14,20H,1H3. The smallest absolute Gasteiger partial charge is 0.132 e. The van der Waals surface area contributed by atoms with E-state index in [4.69, 9.17) is 0 Å². The monoisotopic (exact) mass is 347 g/mol. The molecule has 1 N–H and O–H groups in total. The van der Waals surface area contributed by atoms with Crippen LogP contribution in [0.4, 0.5) is 17.6 Å². The molecule has 0 aliphatic rings. The predicted octanol–water partition coefficient (Wildman–Crippen LogP) is 4.31. The molecule has 6 heteroatoms. The molecule has 106 valence electrons. The molecule has 1 atom stereocenters. The number of halogens is 5. The molecule has 2 aromatic rings. The van der Waals surface area contributed by atoms with Crippen molar-refractivity contribution < 1.29 is 17.6 Å². The average molecular weight is 348 g/mol. The highest BCUT2D eigenvalue weighted by molar-refractivity contribution is 9.10. The Morgan fingerprint density at radius 2 is 1.40 bits per heavy atom. The number of benzene rings is 2. The van der Waals surface area contributed by atoms with E-state index < -0.39 is 29.3 Å². The Morgan fingerprint density at radius 3 is 1.85 bits per heavy atom. The van der Waals surface area contributed by atoms with Crippen LogP contribution in [0.3, 0.4) is 0 Å². The summed E-state index contributed by atoms with van der Waals surface area (Å²) in [5, 5.41) is 2.66. The summed E-state index contributed by atoms with van der Waals surface area (Å²) in [6.07, 6.45) is 0. The molecule has 0 radical (unpaired) electrons. The summed E-state index contributed by atoms with van der Waals surface area (Å²) in [5.41, 5.74) is -0.189. The van der Waals surface area contributed by atoms with Gasteiger partial charge in [-0.05, 0) is 36.9 Å². The third kappa shape index (κ3) is 3.02. The number of rotatable bonds is 3. The summed E-state index contributed by atoms with van der Waals surface area (Å²) >= 11 is 2.98. The lowest BCUT2D eigenvalue weighted by Gasteiger charge is -2.19. The lowest BCUT2D eigenvalue weighted by molar-refractivity contribution is 0.515. The van der Waals surface area contributed by atoms with Crippen LogP contribution in [-0.2, 0) is 0 Å². The fourth-order valence-corrected chi connectivity index (χ4v) is 2.45. The quantitative estimate of drug-likeness (QED) is 0.815. The van der Waals surface area contributed by atoms with E-state index in [2.05, 4.69) is 21.2 Å². The van der Waals surface area contributed by atoms with E-state index in [0.717, 1.165) is 24.3 Å². The largest absolute Gasteiger partial charge is 0.309 e. The van der Waals surface area contributed by atoms with Gasteiger partial charge < -0.3 is 5.32 Å². The molecule has 0 heterocycles. The van der Waals surface area contributed by atoms with Gasteiger partial charge in [0, 0.05) is 16.1 Å². The van der Waals surface area contributed by atoms with Crippen molar-refractivity contribution in [3.05, 3.63) is 69.2 Å². The second-order valence-electron chi connectivity index (χ2n) is 4.21. The highest BCUT2D eigenvalue weighted by Crippen LogP contribution is 2.29. The van der Waals surface area contributed by atoms with Crippen LogP contribution in [0.1, 0.15) is 17.2 Å². The van der Waals surface area contributed by atoms with Crippen molar-refractivity contribution in [2.24, 2.45) is 0 Å². The van der Waals surface area contributed by atoms with E-state index >= 15 is 0 Å². The molecule has 0 aliphatic carbocycles. The first-order chi connectivity index (χ1) is 9.42. The molecular formula is C14H10BrF4N. The van der Waals surface area contributed by atoms with E-state index in [-0.39, 0.29) is 15.6 Å². The van der Waals surface area contributed by atoms with Crippen molar-refractivity contribution in [1.82, 2.24) is 5.32 Å². The Morgan fingerprint density at radius 1 is 0.900 bits per heavy atom. The molecule has 0 saturated carbocycles. The minimum absolute atomic E-state index is 0.102. The summed E-state index contributed by atoms with van der Waals surface area (Å²) in [6, 6.07) is 3.96. The fourth-order valence-electron chi connectivity index (χ4n) is 2.05. The molecule has 1 unspecified atom stereocenters. The van der Waals surface area contributed by atoms with Gasteiger partial charge in [0.1, 0.15) is 23.3 Å². The minimum atomic E-state index is -0.992. The van der Waals surface area contributed by atoms with E-state index in [1.165, 1.54) is 7.05 Å². The Labute approximate surface area is 121 Å². The summed E-state index contributed by atoms with van der Waals surface area (Å²) in [4.78, 5) is 0. The first kappa shape index (κ1) is 15.0. The van der Waals surface area contributed by atoms with E-state index in [0.29, 0.717) is 6.07 Å². The molecule has 20 heavy (non-hydrogen) atoms. The van der Waals surface area contributed by atoms with Crippen LogP contribution in [0.2, 0.25) is 0 Å². The second-order valence-corrected chi connectivity index (χ2v) is 5.12. The summed E-state index contributed by atoms with van der Waals surface area (Å²) in [7, 11) is 1.45. The van der Waals surface area contributed by atoms with Gasteiger partial charge in [0.2, 0.25) is 0 Å². The van der Waals surface area contributed by atoms with Crippen molar-refractivity contribution in [2.45, 2.75) is 6.04 Å². The normalized spacial score (nSPS) is 12.5.